The number of nitrogens with one attached hydrogen (secondary N) is 2. The molecule has 0 bridgehead atoms. The molecule has 0 aliphatic carbocycles. The van der Waals surface area contributed by atoms with E-state index in [2.05, 4.69) is 10.6 Å². The van der Waals surface area contributed by atoms with Crippen LogP contribution in [0.5, 0.6) is 0 Å². The highest BCUT2D eigenvalue weighted by molar-refractivity contribution is 5.86. The van der Waals surface area contributed by atoms with Gasteiger partial charge in [-0.05, 0) is 24.1 Å². The van der Waals surface area contributed by atoms with Gasteiger partial charge in [-0.15, -0.1) is 0 Å². The summed E-state index contributed by atoms with van der Waals surface area (Å²) in [5, 5.41) is 5.46. The monoisotopic (exact) mass is 250 g/mol. The molecule has 1 aromatic rings. The fraction of sp³-hybridized carbons (Fsp3) is 0.385. The zero-order valence-corrected chi connectivity index (χ0v) is 10.1. The lowest BCUT2D eigenvalue weighted by molar-refractivity contribution is -0.121. The van der Waals surface area contributed by atoms with E-state index in [1.54, 1.807) is 12.1 Å². The number of rotatable bonds is 3. The average molecular weight is 250 g/mol. The Morgan fingerprint density at radius 1 is 1.56 bits per heavy atom. The molecule has 1 fully saturated rings. The third-order valence-electron chi connectivity index (χ3n) is 3.03. The Hall–Kier alpha value is -1.91. The van der Waals surface area contributed by atoms with Crippen LogP contribution in [0.3, 0.4) is 0 Å². The van der Waals surface area contributed by atoms with Gasteiger partial charge in [0, 0.05) is 19.5 Å². The van der Waals surface area contributed by atoms with Crippen molar-refractivity contribution in [2.24, 2.45) is 0 Å². The molecule has 0 aromatic heterocycles. The molecule has 0 spiro atoms. The van der Waals surface area contributed by atoms with E-state index < -0.39 is 0 Å². The molecule has 0 saturated carbocycles. The summed E-state index contributed by atoms with van der Waals surface area (Å²) in [6.45, 7) is 1.84. The molecule has 2 amide bonds. The molecule has 96 valence electrons. The summed E-state index contributed by atoms with van der Waals surface area (Å²) >= 11 is 0. The summed E-state index contributed by atoms with van der Waals surface area (Å²) in [6, 6.07) is 5.98. The van der Waals surface area contributed by atoms with Gasteiger partial charge in [0.25, 0.3) is 0 Å². The van der Waals surface area contributed by atoms with Gasteiger partial charge >= 0.3 is 0 Å². The van der Waals surface area contributed by atoms with Gasteiger partial charge < -0.3 is 10.6 Å². The Morgan fingerprint density at radius 3 is 3.00 bits per heavy atom. The maximum absolute atomic E-state index is 13.1. The Balaban J connectivity index is 2.03. The molecule has 2 N–H and O–H groups in total. The first-order chi connectivity index (χ1) is 8.56. The Bertz CT molecular complexity index is 476. The maximum Gasteiger partial charge on any atom is 0.227 e. The molecule has 1 saturated heterocycles. The molecule has 0 radical (unpaired) electrons. The minimum Gasteiger partial charge on any atom is -0.354 e. The topological polar surface area (TPSA) is 58.2 Å². The summed E-state index contributed by atoms with van der Waals surface area (Å²) in [4.78, 5) is 22.6. The van der Waals surface area contributed by atoms with Crippen molar-refractivity contribution >= 4 is 11.8 Å². The molecular formula is C13H15FN2O2. The van der Waals surface area contributed by atoms with E-state index >= 15 is 0 Å². The van der Waals surface area contributed by atoms with Crippen molar-refractivity contribution in [3.63, 3.8) is 0 Å². The number of amides is 2. The Morgan fingerprint density at radius 2 is 2.33 bits per heavy atom. The van der Waals surface area contributed by atoms with Crippen LogP contribution in [-0.2, 0) is 9.59 Å². The van der Waals surface area contributed by atoms with Crippen LogP contribution < -0.4 is 10.6 Å². The highest BCUT2D eigenvalue weighted by atomic mass is 19.1. The Kier molecular flexibility index (Phi) is 3.60. The third kappa shape index (κ3) is 2.85. The van der Waals surface area contributed by atoms with Gasteiger partial charge in [0.15, 0.2) is 0 Å². The second-order valence-corrected chi connectivity index (χ2v) is 4.49. The second kappa shape index (κ2) is 5.16. The largest absolute Gasteiger partial charge is 0.354 e. The van der Waals surface area contributed by atoms with Crippen LogP contribution in [0.2, 0.25) is 0 Å². The van der Waals surface area contributed by atoms with Crippen LogP contribution in [0.15, 0.2) is 24.3 Å². The lowest BCUT2D eigenvalue weighted by Crippen LogP contribution is -2.37. The first-order valence-electron chi connectivity index (χ1n) is 5.86. The highest BCUT2D eigenvalue weighted by Crippen LogP contribution is 2.27. The summed E-state index contributed by atoms with van der Waals surface area (Å²) in [6.07, 6.45) is 0.572. The van der Waals surface area contributed by atoms with Gasteiger partial charge in [0.2, 0.25) is 11.8 Å². The summed E-state index contributed by atoms with van der Waals surface area (Å²) in [5.74, 6) is -0.917. The van der Waals surface area contributed by atoms with E-state index in [-0.39, 0.29) is 29.6 Å². The molecule has 18 heavy (non-hydrogen) atoms. The number of carbonyl (C=O) groups is 2. The van der Waals surface area contributed by atoms with Gasteiger partial charge in [0.05, 0.1) is 5.92 Å². The smallest absolute Gasteiger partial charge is 0.227 e. The molecule has 2 atom stereocenters. The minimum atomic E-state index is -0.342. The first kappa shape index (κ1) is 12.5. The fourth-order valence-corrected chi connectivity index (χ4v) is 2.16. The number of hydrogen-bond donors (Lipinski definition) is 2. The van der Waals surface area contributed by atoms with Crippen molar-refractivity contribution in [2.75, 3.05) is 6.54 Å². The number of hydrogen-bond acceptors (Lipinski definition) is 2. The number of carbonyl (C=O) groups excluding carboxylic acids is 2. The van der Waals surface area contributed by atoms with Crippen LogP contribution in [-0.4, -0.2) is 24.4 Å². The lowest BCUT2D eigenvalue weighted by atomic mass is 9.95. The minimum absolute atomic E-state index is 0.0883. The van der Waals surface area contributed by atoms with Crippen molar-refractivity contribution in [3.05, 3.63) is 35.6 Å². The summed E-state index contributed by atoms with van der Waals surface area (Å²) < 4.78 is 13.1. The van der Waals surface area contributed by atoms with E-state index in [1.807, 2.05) is 0 Å². The van der Waals surface area contributed by atoms with E-state index in [9.17, 15) is 14.0 Å². The van der Waals surface area contributed by atoms with Crippen LogP contribution in [0.4, 0.5) is 4.39 Å². The van der Waals surface area contributed by atoms with Crippen molar-refractivity contribution in [1.82, 2.24) is 10.6 Å². The van der Waals surface area contributed by atoms with Crippen molar-refractivity contribution in [2.45, 2.75) is 25.3 Å². The zero-order chi connectivity index (χ0) is 13.1. The van der Waals surface area contributed by atoms with E-state index in [4.69, 9.17) is 0 Å². The predicted molar refractivity (Wildman–Crippen MR) is 64.4 cm³/mol. The van der Waals surface area contributed by atoms with Crippen LogP contribution in [0.1, 0.15) is 24.8 Å². The normalized spacial score (nSPS) is 22.7. The number of benzene rings is 1. The second-order valence-electron chi connectivity index (χ2n) is 4.49. The van der Waals surface area contributed by atoms with Gasteiger partial charge in [-0.1, -0.05) is 12.1 Å². The molecule has 1 aliphatic heterocycles. The fourth-order valence-electron chi connectivity index (χ4n) is 2.16. The van der Waals surface area contributed by atoms with Crippen LogP contribution >= 0.6 is 0 Å². The third-order valence-corrected chi connectivity index (χ3v) is 3.03. The first-order valence-corrected chi connectivity index (χ1v) is 5.86. The van der Waals surface area contributed by atoms with Crippen molar-refractivity contribution in [1.29, 1.82) is 0 Å². The molecule has 5 heteroatoms. The zero-order valence-electron chi connectivity index (χ0n) is 10.1. The maximum atomic E-state index is 13.1. The van der Waals surface area contributed by atoms with Gasteiger partial charge in [0.1, 0.15) is 5.82 Å². The van der Waals surface area contributed by atoms with Crippen molar-refractivity contribution < 1.29 is 14.0 Å². The quantitative estimate of drug-likeness (QED) is 0.838. The molecular weight excluding hydrogens is 235 g/mol. The van der Waals surface area contributed by atoms with E-state index in [0.29, 0.717) is 18.5 Å². The lowest BCUT2D eigenvalue weighted by Gasteiger charge is -2.10. The molecule has 1 aliphatic rings. The van der Waals surface area contributed by atoms with E-state index in [0.717, 1.165) is 0 Å². The average Bonchev–Trinajstić information content (AvgIpc) is 2.68. The predicted octanol–water partition coefficient (Wildman–Crippen LogP) is 0.934. The molecule has 2 rings (SSSR count). The standard InChI is InChI=1S/C13H15FN2O2/c1-8(17)15-7-11-6-12(13(18)16-11)9-3-2-4-10(14)5-9/h2-5,11-12H,6-7H2,1H3,(H,15,17)(H,16,18)/t11-,12?/m0/s1. The van der Waals surface area contributed by atoms with Gasteiger partial charge in [-0.25, -0.2) is 4.39 Å². The Labute approximate surface area is 105 Å². The molecule has 1 aromatic carbocycles. The molecule has 1 unspecified atom stereocenters. The summed E-state index contributed by atoms with van der Waals surface area (Å²) in [7, 11) is 0. The SMILES string of the molecule is CC(=O)NC[C@@H]1CC(c2cccc(F)c2)C(=O)N1. The molecule has 4 nitrogen and oxygen atoms in total. The summed E-state index contributed by atoms with van der Waals surface area (Å²) in [5.41, 5.74) is 0.679. The van der Waals surface area contributed by atoms with Crippen LogP contribution in [0.25, 0.3) is 0 Å². The number of halogens is 1. The van der Waals surface area contributed by atoms with Crippen LogP contribution in [0, 0.1) is 5.82 Å². The van der Waals surface area contributed by atoms with Crippen molar-refractivity contribution in [3.8, 4) is 0 Å². The van der Waals surface area contributed by atoms with Gasteiger partial charge in [-0.2, -0.15) is 0 Å². The van der Waals surface area contributed by atoms with E-state index in [1.165, 1.54) is 19.1 Å². The van der Waals surface area contributed by atoms with Gasteiger partial charge in [-0.3, -0.25) is 9.59 Å². The molecule has 1 heterocycles. The highest BCUT2D eigenvalue weighted by Gasteiger charge is 2.33.